The molecule has 0 aliphatic carbocycles. The number of nitrogens with zero attached hydrogens (tertiary/aromatic N) is 1. The van der Waals surface area contributed by atoms with Crippen molar-refractivity contribution in [3.05, 3.63) is 95.1 Å². The van der Waals surface area contributed by atoms with Crippen LogP contribution >= 0.6 is 0 Å². The molecule has 14 nitrogen and oxygen atoms in total. The molecule has 0 radical (unpaired) electrons. The number of urea groups is 1. The summed E-state index contributed by atoms with van der Waals surface area (Å²) < 4.78 is 4.77. The summed E-state index contributed by atoms with van der Waals surface area (Å²) in [5, 5.41) is 10.7. The van der Waals surface area contributed by atoms with E-state index < -0.39 is 41.9 Å². The first-order valence-corrected chi connectivity index (χ1v) is 16.9. The topological polar surface area (TPSA) is 215 Å². The number of ether oxygens (including phenoxy) is 1. The molecule has 3 aromatic carbocycles. The Morgan fingerprint density at radius 3 is 2.19 bits per heavy atom. The van der Waals surface area contributed by atoms with Gasteiger partial charge in [0.25, 0.3) is 0 Å². The van der Waals surface area contributed by atoms with Gasteiger partial charge in [0.15, 0.2) is 0 Å². The van der Waals surface area contributed by atoms with E-state index in [0.29, 0.717) is 28.9 Å². The third-order valence-corrected chi connectivity index (χ3v) is 8.21. The second-order valence-electron chi connectivity index (χ2n) is 12.5. The standard InChI is InChI=1S/C38H43N7O7/c1-24(2)34(36(49)43-30(11-7-21-41-37(39)50)35(48)42-29-17-13-25(14-18-29)23-52-38(40)51)44-32(46)19-20-33(47)45-22-28-10-4-3-8-26(28)15-16-27-9-5-6-12-31(27)45/h3-6,8-10,12-14,17-18,24,30,34H,7,11,19-23H2,1-2H3,(H2,40,51)(H,42,48)(H,43,49)(H,44,46)(H3,39,41,50)/t30-,34-/m0/s1. The van der Waals surface area contributed by atoms with Crippen molar-refractivity contribution in [2.24, 2.45) is 17.4 Å². The lowest BCUT2D eigenvalue weighted by Crippen LogP contribution is -2.54. The molecule has 52 heavy (non-hydrogen) atoms. The number of nitrogens with two attached hydrogens (primary N) is 2. The monoisotopic (exact) mass is 709 g/mol. The van der Waals surface area contributed by atoms with E-state index in [1.165, 1.54) is 0 Å². The van der Waals surface area contributed by atoms with Gasteiger partial charge in [-0.15, -0.1) is 0 Å². The van der Waals surface area contributed by atoms with Crippen LogP contribution in [0.2, 0.25) is 0 Å². The highest BCUT2D eigenvalue weighted by Gasteiger charge is 2.29. The maximum Gasteiger partial charge on any atom is 0.404 e. The molecule has 0 bridgehead atoms. The smallest absolute Gasteiger partial charge is 0.404 e. The predicted molar refractivity (Wildman–Crippen MR) is 194 cm³/mol. The van der Waals surface area contributed by atoms with E-state index in [1.54, 1.807) is 43.0 Å². The zero-order valence-electron chi connectivity index (χ0n) is 29.1. The fourth-order valence-corrected chi connectivity index (χ4v) is 5.46. The van der Waals surface area contributed by atoms with Crippen LogP contribution in [0, 0.1) is 17.8 Å². The molecule has 0 spiro atoms. The Labute approximate surface area is 302 Å². The summed E-state index contributed by atoms with van der Waals surface area (Å²) in [5.41, 5.74) is 14.3. The van der Waals surface area contributed by atoms with Crippen LogP contribution in [0.5, 0.6) is 0 Å². The predicted octanol–water partition coefficient (Wildman–Crippen LogP) is 3.02. The Hall–Kier alpha value is -6.36. The SMILES string of the molecule is CC(C)[C@H](NC(=O)CCC(=O)N1Cc2ccccc2C#Cc2ccccc21)C(=O)N[C@@H](CCCNC(N)=O)C(=O)Nc1ccc(COC(N)=O)cc1. The van der Waals surface area contributed by atoms with Gasteiger partial charge in [0, 0.05) is 36.2 Å². The molecule has 0 saturated carbocycles. The third-order valence-electron chi connectivity index (χ3n) is 8.21. The van der Waals surface area contributed by atoms with E-state index >= 15 is 0 Å². The quantitative estimate of drug-likeness (QED) is 0.102. The van der Waals surface area contributed by atoms with E-state index in [2.05, 4.69) is 33.1 Å². The number of para-hydroxylation sites is 1. The molecule has 3 aromatic rings. The second kappa shape index (κ2) is 18.6. The Balaban J connectivity index is 1.40. The summed E-state index contributed by atoms with van der Waals surface area (Å²) in [6.07, 6.45) is -0.762. The Morgan fingerprint density at radius 2 is 1.50 bits per heavy atom. The number of carbonyl (C=O) groups excluding carboxylic acids is 6. The van der Waals surface area contributed by atoms with Gasteiger partial charge in [0.05, 0.1) is 12.2 Å². The first-order chi connectivity index (χ1) is 24.9. The lowest BCUT2D eigenvalue weighted by Gasteiger charge is -2.27. The van der Waals surface area contributed by atoms with Crippen LogP contribution in [0.3, 0.4) is 0 Å². The third kappa shape index (κ3) is 11.3. The minimum atomic E-state index is -1.04. The zero-order valence-corrected chi connectivity index (χ0v) is 29.1. The van der Waals surface area contributed by atoms with Crippen LogP contribution < -0.4 is 37.6 Å². The molecule has 0 saturated heterocycles. The Morgan fingerprint density at radius 1 is 0.827 bits per heavy atom. The minimum Gasteiger partial charge on any atom is -0.445 e. The molecule has 272 valence electrons. The molecule has 0 unspecified atom stereocenters. The van der Waals surface area contributed by atoms with Crippen molar-refractivity contribution in [1.29, 1.82) is 0 Å². The van der Waals surface area contributed by atoms with Crippen LogP contribution in [0.4, 0.5) is 21.0 Å². The fraction of sp³-hybridized carbons (Fsp3) is 0.316. The number of anilines is 2. The summed E-state index contributed by atoms with van der Waals surface area (Å²) in [6.45, 7) is 3.91. The molecule has 7 amide bonds. The number of primary amides is 2. The van der Waals surface area contributed by atoms with Crippen LogP contribution in [-0.2, 0) is 37.1 Å². The average molecular weight is 710 g/mol. The number of nitrogens with one attached hydrogen (secondary N) is 4. The van der Waals surface area contributed by atoms with E-state index in [0.717, 1.165) is 11.1 Å². The van der Waals surface area contributed by atoms with E-state index in [1.807, 2.05) is 48.5 Å². The van der Waals surface area contributed by atoms with Crippen molar-refractivity contribution >= 4 is 47.1 Å². The van der Waals surface area contributed by atoms with Crippen molar-refractivity contribution < 1.29 is 33.5 Å². The summed E-state index contributed by atoms with van der Waals surface area (Å²) >= 11 is 0. The largest absolute Gasteiger partial charge is 0.445 e. The van der Waals surface area contributed by atoms with Crippen LogP contribution in [0.25, 0.3) is 0 Å². The second-order valence-corrected chi connectivity index (χ2v) is 12.5. The van der Waals surface area contributed by atoms with E-state index in [-0.39, 0.29) is 50.8 Å². The van der Waals surface area contributed by atoms with Gasteiger partial charge < -0.3 is 42.4 Å². The Kier molecular flexibility index (Phi) is 13.7. The molecule has 1 heterocycles. The first kappa shape index (κ1) is 38.4. The molecular formula is C38H43N7O7. The normalized spacial score (nSPS) is 12.6. The molecule has 0 fully saturated rings. The fourth-order valence-electron chi connectivity index (χ4n) is 5.46. The number of carbonyl (C=O) groups is 6. The van der Waals surface area contributed by atoms with Gasteiger partial charge in [-0.1, -0.05) is 68.2 Å². The number of hydrogen-bond donors (Lipinski definition) is 6. The Bertz CT molecular complexity index is 1850. The summed E-state index contributed by atoms with van der Waals surface area (Å²) in [4.78, 5) is 77.4. The maximum atomic E-state index is 13.6. The molecular weight excluding hydrogens is 666 g/mol. The van der Waals surface area contributed by atoms with Crippen molar-refractivity contribution in [3.63, 3.8) is 0 Å². The molecule has 4 rings (SSSR count). The van der Waals surface area contributed by atoms with Gasteiger partial charge in [-0.05, 0) is 60.2 Å². The van der Waals surface area contributed by atoms with Gasteiger partial charge in [-0.3, -0.25) is 19.2 Å². The molecule has 2 atom stereocenters. The average Bonchev–Trinajstić information content (AvgIpc) is 3.11. The van der Waals surface area contributed by atoms with Crippen LogP contribution in [-0.4, -0.2) is 54.4 Å². The van der Waals surface area contributed by atoms with Gasteiger partial charge in [-0.2, -0.15) is 0 Å². The zero-order chi connectivity index (χ0) is 37.6. The highest BCUT2D eigenvalue weighted by Crippen LogP contribution is 2.26. The minimum absolute atomic E-state index is 0.0402. The number of benzene rings is 3. The summed E-state index contributed by atoms with van der Waals surface area (Å²) in [5.74, 6) is 4.05. The summed E-state index contributed by atoms with van der Waals surface area (Å²) in [7, 11) is 0. The van der Waals surface area contributed by atoms with Gasteiger partial charge in [0.1, 0.15) is 18.7 Å². The number of fused-ring (bicyclic) bond motifs is 2. The highest BCUT2D eigenvalue weighted by molar-refractivity contribution is 5.99. The van der Waals surface area contributed by atoms with E-state index in [9.17, 15) is 28.8 Å². The van der Waals surface area contributed by atoms with Crippen molar-refractivity contribution in [2.75, 3.05) is 16.8 Å². The van der Waals surface area contributed by atoms with E-state index in [4.69, 9.17) is 16.2 Å². The molecule has 1 aliphatic rings. The summed E-state index contributed by atoms with van der Waals surface area (Å²) in [6, 6.07) is 18.6. The molecule has 14 heteroatoms. The lowest BCUT2D eigenvalue weighted by atomic mass is 10.0. The van der Waals surface area contributed by atoms with Crippen molar-refractivity contribution in [1.82, 2.24) is 16.0 Å². The van der Waals surface area contributed by atoms with Gasteiger partial charge in [0.2, 0.25) is 23.6 Å². The number of amides is 7. The van der Waals surface area contributed by atoms with Crippen molar-refractivity contribution in [2.45, 2.75) is 64.8 Å². The van der Waals surface area contributed by atoms with Gasteiger partial charge in [-0.25, -0.2) is 9.59 Å². The number of rotatable bonds is 15. The highest BCUT2D eigenvalue weighted by atomic mass is 16.5. The maximum absolute atomic E-state index is 13.6. The lowest BCUT2D eigenvalue weighted by molar-refractivity contribution is -0.132. The first-order valence-electron chi connectivity index (χ1n) is 16.9. The van der Waals surface area contributed by atoms with Crippen molar-refractivity contribution in [3.8, 4) is 11.8 Å². The number of hydrogen-bond acceptors (Lipinski definition) is 7. The molecule has 8 N–H and O–H groups in total. The van der Waals surface area contributed by atoms with Crippen LogP contribution in [0.15, 0.2) is 72.8 Å². The van der Waals surface area contributed by atoms with Gasteiger partial charge >= 0.3 is 12.1 Å². The molecule has 1 aliphatic heterocycles. The van der Waals surface area contributed by atoms with Crippen LogP contribution in [0.1, 0.15) is 61.8 Å². The molecule has 0 aromatic heterocycles.